The molecule has 10 heteroatoms. The van der Waals surface area contributed by atoms with Crippen molar-refractivity contribution >= 4 is 11.6 Å². The van der Waals surface area contributed by atoms with Crippen LogP contribution in [-0.2, 0) is 0 Å². The minimum atomic E-state index is -1.14. The average molecular weight is 417 g/mol. The third-order valence-electron chi connectivity index (χ3n) is 4.08. The summed E-state index contributed by atoms with van der Waals surface area (Å²) in [6.45, 7) is 0. The van der Waals surface area contributed by atoms with Crippen LogP contribution in [0.4, 0.5) is 14.5 Å². The quantitative estimate of drug-likeness (QED) is 0.663. The molecule has 1 aromatic heterocycles. The first-order chi connectivity index (χ1) is 14.4. The van der Waals surface area contributed by atoms with Gasteiger partial charge in [0.15, 0.2) is 17.3 Å². The van der Waals surface area contributed by atoms with Crippen LogP contribution in [0.25, 0.3) is 5.69 Å². The molecule has 0 fully saturated rings. The summed E-state index contributed by atoms with van der Waals surface area (Å²) in [7, 11) is 4.27. The zero-order chi connectivity index (χ0) is 21.8. The summed E-state index contributed by atoms with van der Waals surface area (Å²) < 4.78 is 43.3. The van der Waals surface area contributed by atoms with Crippen molar-refractivity contribution in [3.63, 3.8) is 0 Å². The van der Waals surface area contributed by atoms with Gasteiger partial charge in [-0.15, -0.1) is 0 Å². The number of aromatic nitrogens is 2. The van der Waals surface area contributed by atoms with Gasteiger partial charge in [0.1, 0.15) is 11.5 Å². The summed E-state index contributed by atoms with van der Waals surface area (Å²) in [6.07, 6.45) is 0. The van der Waals surface area contributed by atoms with Crippen molar-refractivity contribution in [2.75, 3.05) is 26.6 Å². The number of halogens is 2. The van der Waals surface area contributed by atoms with Gasteiger partial charge in [-0.3, -0.25) is 9.59 Å². The van der Waals surface area contributed by atoms with Crippen molar-refractivity contribution in [1.82, 2.24) is 9.78 Å². The van der Waals surface area contributed by atoms with E-state index in [2.05, 4.69) is 10.4 Å². The lowest BCUT2D eigenvalue weighted by Gasteiger charge is -2.14. The Kier molecular flexibility index (Phi) is 5.95. The van der Waals surface area contributed by atoms with E-state index in [4.69, 9.17) is 14.2 Å². The molecule has 156 valence electrons. The molecule has 0 saturated carbocycles. The Morgan fingerprint density at radius 2 is 1.60 bits per heavy atom. The second kappa shape index (κ2) is 8.60. The van der Waals surface area contributed by atoms with Crippen molar-refractivity contribution in [1.29, 1.82) is 0 Å². The number of carbonyl (C=O) groups excluding carboxylic acids is 1. The normalized spacial score (nSPS) is 10.4. The van der Waals surface area contributed by atoms with E-state index in [-0.39, 0.29) is 11.6 Å². The topological polar surface area (TPSA) is 91.7 Å². The van der Waals surface area contributed by atoms with E-state index in [0.717, 1.165) is 24.3 Å². The number of hydrogen-bond donors (Lipinski definition) is 1. The molecule has 2 aromatic carbocycles. The van der Waals surface area contributed by atoms with E-state index in [9.17, 15) is 18.4 Å². The molecule has 0 bridgehead atoms. The Morgan fingerprint density at radius 3 is 2.17 bits per heavy atom. The summed E-state index contributed by atoms with van der Waals surface area (Å²) >= 11 is 0. The van der Waals surface area contributed by atoms with Crippen molar-refractivity contribution in [3.8, 4) is 23.1 Å². The number of nitrogens with one attached hydrogen (secondary N) is 1. The number of anilines is 1. The van der Waals surface area contributed by atoms with E-state index < -0.39 is 28.7 Å². The Labute approximate surface area is 169 Å². The Bertz CT molecular complexity index is 1140. The number of amides is 1. The lowest BCUT2D eigenvalue weighted by molar-refractivity contribution is 0.101. The van der Waals surface area contributed by atoms with Gasteiger partial charge in [-0.25, -0.2) is 8.78 Å². The number of nitrogens with zero attached hydrogens (tertiary/aromatic N) is 2. The highest BCUT2D eigenvalue weighted by Crippen LogP contribution is 2.26. The molecule has 0 aliphatic heterocycles. The Morgan fingerprint density at radius 1 is 0.933 bits per heavy atom. The van der Waals surface area contributed by atoms with Gasteiger partial charge in [0.25, 0.3) is 5.91 Å². The van der Waals surface area contributed by atoms with Crippen LogP contribution in [0.2, 0.25) is 0 Å². The van der Waals surface area contributed by atoms with Crippen LogP contribution in [0.15, 0.2) is 47.3 Å². The number of rotatable bonds is 6. The zero-order valence-corrected chi connectivity index (χ0v) is 16.2. The third kappa shape index (κ3) is 4.22. The first-order valence-corrected chi connectivity index (χ1v) is 8.54. The van der Waals surface area contributed by atoms with Gasteiger partial charge in [-0.2, -0.15) is 9.78 Å². The molecular formula is C20H17F2N3O5. The van der Waals surface area contributed by atoms with E-state index >= 15 is 0 Å². The average Bonchev–Trinajstić information content (AvgIpc) is 2.75. The van der Waals surface area contributed by atoms with Crippen molar-refractivity contribution in [2.24, 2.45) is 0 Å². The molecule has 8 nitrogen and oxygen atoms in total. The van der Waals surface area contributed by atoms with E-state index in [1.807, 2.05) is 0 Å². The molecule has 3 aromatic rings. The maximum absolute atomic E-state index is 13.4. The number of benzene rings is 2. The molecule has 30 heavy (non-hydrogen) atoms. The first-order valence-electron chi connectivity index (χ1n) is 8.54. The summed E-state index contributed by atoms with van der Waals surface area (Å²) in [6, 6.07) is 8.72. The standard InChI is InChI=1S/C20H17F2N3O5/c1-28-13-7-12(8-14(9-13)29-2)25-18(30-3)10-17(26)19(24-25)20(27)23-11-4-5-15(21)16(22)6-11/h4-10H,1-3H3,(H,23,27). The molecule has 0 spiro atoms. The van der Waals surface area contributed by atoms with Gasteiger partial charge in [0.05, 0.1) is 33.1 Å². The molecule has 0 aliphatic rings. The Balaban J connectivity index is 2.06. The number of methoxy groups -OCH3 is 3. The van der Waals surface area contributed by atoms with Gasteiger partial charge in [-0.05, 0) is 12.1 Å². The largest absolute Gasteiger partial charge is 0.497 e. The molecule has 0 unspecified atom stereocenters. The molecular weight excluding hydrogens is 400 g/mol. The monoisotopic (exact) mass is 417 g/mol. The number of hydrogen-bond acceptors (Lipinski definition) is 6. The van der Waals surface area contributed by atoms with Crippen LogP contribution >= 0.6 is 0 Å². The van der Waals surface area contributed by atoms with Crippen molar-refractivity contribution < 1.29 is 27.8 Å². The smallest absolute Gasteiger partial charge is 0.280 e. The molecule has 1 amide bonds. The maximum atomic E-state index is 13.4. The first kappa shape index (κ1) is 20.8. The molecule has 0 radical (unpaired) electrons. The van der Waals surface area contributed by atoms with E-state index in [1.54, 1.807) is 18.2 Å². The van der Waals surface area contributed by atoms with Crippen LogP contribution < -0.4 is 25.0 Å². The summed E-state index contributed by atoms with van der Waals surface area (Å²) in [4.78, 5) is 24.9. The van der Waals surface area contributed by atoms with Crippen LogP contribution in [0, 0.1) is 11.6 Å². The fourth-order valence-electron chi connectivity index (χ4n) is 2.61. The summed E-state index contributed by atoms with van der Waals surface area (Å²) in [5.41, 5.74) is -0.851. The highest BCUT2D eigenvalue weighted by molar-refractivity contribution is 6.02. The van der Waals surface area contributed by atoms with Gasteiger partial charge < -0.3 is 19.5 Å². The van der Waals surface area contributed by atoms with E-state index in [0.29, 0.717) is 17.2 Å². The van der Waals surface area contributed by atoms with Crippen LogP contribution in [0.1, 0.15) is 10.5 Å². The maximum Gasteiger partial charge on any atom is 0.280 e. The van der Waals surface area contributed by atoms with Gasteiger partial charge in [0, 0.05) is 30.0 Å². The lowest BCUT2D eigenvalue weighted by atomic mass is 10.2. The van der Waals surface area contributed by atoms with Gasteiger partial charge in [0.2, 0.25) is 11.3 Å². The molecule has 1 heterocycles. The fourth-order valence-corrected chi connectivity index (χ4v) is 2.61. The van der Waals surface area contributed by atoms with Crippen LogP contribution in [0.5, 0.6) is 17.4 Å². The summed E-state index contributed by atoms with van der Waals surface area (Å²) in [5.74, 6) is -2.17. The molecule has 1 N–H and O–H groups in total. The molecule has 0 saturated heterocycles. The minimum Gasteiger partial charge on any atom is -0.497 e. The zero-order valence-electron chi connectivity index (χ0n) is 16.2. The minimum absolute atomic E-state index is 0.0366. The lowest BCUT2D eigenvalue weighted by Crippen LogP contribution is -2.26. The van der Waals surface area contributed by atoms with Crippen molar-refractivity contribution in [2.45, 2.75) is 0 Å². The predicted octanol–water partition coefficient (Wildman–Crippen LogP) is 2.79. The van der Waals surface area contributed by atoms with Gasteiger partial charge in [-0.1, -0.05) is 0 Å². The second-order valence-corrected chi connectivity index (χ2v) is 5.97. The van der Waals surface area contributed by atoms with Gasteiger partial charge >= 0.3 is 0 Å². The number of ether oxygens (including phenoxy) is 3. The van der Waals surface area contributed by atoms with E-state index in [1.165, 1.54) is 26.0 Å². The molecule has 3 rings (SSSR count). The summed E-state index contributed by atoms with van der Waals surface area (Å²) in [5, 5.41) is 6.41. The highest BCUT2D eigenvalue weighted by atomic mass is 19.2. The second-order valence-electron chi connectivity index (χ2n) is 5.97. The predicted molar refractivity (Wildman–Crippen MR) is 104 cm³/mol. The highest BCUT2D eigenvalue weighted by Gasteiger charge is 2.19. The van der Waals surface area contributed by atoms with Crippen LogP contribution in [0.3, 0.4) is 0 Å². The number of carbonyl (C=O) groups is 1. The fraction of sp³-hybridized carbons (Fsp3) is 0.150. The third-order valence-corrected chi connectivity index (χ3v) is 4.08. The Hall–Kier alpha value is -3.95. The van der Waals surface area contributed by atoms with Crippen LogP contribution in [-0.4, -0.2) is 37.0 Å². The SMILES string of the molecule is COc1cc(OC)cc(-n2nc(C(=O)Nc3ccc(F)c(F)c3)c(=O)cc2OC)c1. The molecule has 0 atom stereocenters. The molecule has 0 aliphatic carbocycles. The van der Waals surface area contributed by atoms with Crippen molar-refractivity contribution in [3.05, 3.63) is 70.0 Å².